The Kier molecular flexibility index (Phi) is 9.24. The first kappa shape index (κ1) is 25.2. The third-order valence-corrected chi connectivity index (χ3v) is 5.27. The number of nitrogens with zero attached hydrogens (tertiary/aromatic N) is 1. The van der Waals surface area contributed by atoms with Crippen LogP contribution in [0.25, 0.3) is 0 Å². The molecule has 1 aliphatic rings. The highest BCUT2D eigenvalue weighted by Gasteiger charge is 2.29. The number of nitrogen functional groups attached to an aromatic ring is 1. The normalized spacial score (nSPS) is 18.3. The van der Waals surface area contributed by atoms with Crippen LogP contribution in [0.3, 0.4) is 0 Å². The van der Waals surface area contributed by atoms with Crippen molar-refractivity contribution in [2.24, 2.45) is 22.4 Å². The monoisotopic (exact) mass is 443 g/mol. The molecule has 0 amide bonds. The predicted molar refractivity (Wildman–Crippen MR) is 139 cm³/mol. The van der Waals surface area contributed by atoms with E-state index in [4.69, 9.17) is 27.3 Å². The fourth-order valence-electron chi connectivity index (χ4n) is 3.43. The summed E-state index contributed by atoms with van der Waals surface area (Å²) < 4.78 is 5.59. The standard InChI is InChI=1S/C14H19N5.C13H14O/c1-7-8(2)12(9-4-3-5-10(15)6-9)19-14(18)11(7)13(16)17;1-3-5-9-12(4-2)14-13-10-7-6-8-11-13/h3-6,8,12H,15H2,1-2H3,(H3,16,17)(H2,18,19);3-11H,1H2,2H3/b;9-5-,12-4+. The number of hydrogen-bond acceptors (Lipinski definition) is 5. The molecule has 0 spiro atoms. The molecule has 6 nitrogen and oxygen atoms in total. The van der Waals surface area contributed by atoms with E-state index >= 15 is 0 Å². The second-order valence-electron chi connectivity index (χ2n) is 7.59. The molecule has 7 N–H and O–H groups in total. The van der Waals surface area contributed by atoms with Crippen molar-refractivity contribution < 1.29 is 4.74 Å². The number of dihydropyridines is 1. The van der Waals surface area contributed by atoms with E-state index < -0.39 is 0 Å². The molecule has 0 aliphatic carbocycles. The van der Waals surface area contributed by atoms with Crippen LogP contribution in [-0.4, -0.2) is 11.7 Å². The summed E-state index contributed by atoms with van der Waals surface area (Å²) in [7, 11) is 0. The summed E-state index contributed by atoms with van der Waals surface area (Å²) in [5, 5.41) is 7.58. The third kappa shape index (κ3) is 6.97. The van der Waals surface area contributed by atoms with Crippen molar-refractivity contribution in [3.8, 4) is 5.75 Å². The lowest BCUT2D eigenvalue weighted by atomic mass is 9.84. The molecular formula is C27H33N5O. The second kappa shape index (κ2) is 12.1. The molecule has 0 aromatic heterocycles. The summed E-state index contributed by atoms with van der Waals surface area (Å²) in [4.78, 5) is 4.49. The molecule has 0 saturated carbocycles. The minimum Gasteiger partial charge on any atom is -0.458 e. The van der Waals surface area contributed by atoms with Gasteiger partial charge in [0.05, 0.1) is 11.6 Å². The van der Waals surface area contributed by atoms with Crippen LogP contribution in [0.5, 0.6) is 5.75 Å². The van der Waals surface area contributed by atoms with Gasteiger partial charge >= 0.3 is 0 Å². The number of anilines is 1. The molecule has 2 aromatic carbocycles. The summed E-state index contributed by atoms with van der Waals surface area (Å²) >= 11 is 0. The average molecular weight is 444 g/mol. The largest absolute Gasteiger partial charge is 0.458 e. The van der Waals surface area contributed by atoms with E-state index in [1.807, 2.05) is 86.7 Å². The predicted octanol–water partition coefficient (Wildman–Crippen LogP) is 5.28. The van der Waals surface area contributed by atoms with Gasteiger partial charge in [0.15, 0.2) is 0 Å². The van der Waals surface area contributed by atoms with Crippen LogP contribution < -0.4 is 21.9 Å². The number of hydrogen-bond donors (Lipinski definition) is 4. The van der Waals surface area contributed by atoms with E-state index in [1.165, 1.54) is 0 Å². The number of nitrogens with two attached hydrogens (primary N) is 3. The summed E-state index contributed by atoms with van der Waals surface area (Å²) in [5.41, 5.74) is 20.6. The summed E-state index contributed by atoms with van der Waals surface area (Å²) in [6.07, 6.45) is 7.35. The molecule has 3 rings (SSSR count). The third-order valence-electron chi connectivity index (χ3n) is 5.27. The van der Waals surface area contributed by atoms with Crippen LogP contribution >= 0.6 is 0 Å². The topological polar surface area (TPSA) is 123 Å². The Bertz CT molecular complexity index is 1100. The Labute approximate surface area is 196 Å². The number of amidine groups is 2. The van der Waals surface area contributed by atoms with Crippen LogP contribution in [0.1, 0.15) is 32.4 Å². The van der Waals surface area contributed by atoms with E-state index in [0.29, 0.717) is 17.1 Å². The quantitative estimate of drug-likeness (QED) is 0.159. The molecule has 33 heavy (non-hydrogen) atoms. The van der Waals surface area contributed by atoms with Crippen molar-refractivity contribution >= 4 is 17.4 Å². The number of ether oxygens (including phenoxy) is 1. The first-order valence-electron chi connectivity index (χ1n) is 10.7. The van der Waals surface area contributed by atoms with Gasteiger partial charge in [-0.3, -0.25) is 10.4 Å². The number of aliphatic imine (C=N–C) groups is 1. The van der Waals surface area contributed by atoms with Crippen molar-refractivity contribution in [1.29, 1.82) is 5.41 Å². The maximum atomic E-state index is 7.58. The molecule has 0 fully saturated rings. The highest BCUT2D eigenvalue weighted by Crippen LogP contribution is 2.36. The fourth-order valence-corrected chi connectivity index (χ4v) is 3.43. The van der Waals surface area contributed by atoms with Gasteiger partial charge in [-0.1, -0.05) is 61.6 Å². The molecular weight excluding hydrogens is 410 g/mol. The maximum absolute atomic E-state index is 7.58. The number of rotatable bonds is 6. The van der Waals surface area contributed by atoms with E-state index in [0.717, 1.165) is 22.6 Å². The minimum absolute atomic E-state index is 0.0309. The molecule has 2 aromatic rings. The van der Waals surface area contributed by atoms with Crippen molar-refractivity contribution in [3.63, 3.8) is 0 Å². The number of allylic oxidation sites excluding steroid dienone is 4. The fraction of sp³-hybridized carbons (Fsp3) is 0.185. The van der Waals surface area contributed by atoms with Gasteiger partial charge in [-0.05, 0) is 55.8 Å². The van der Waals surface area contributed by atoms with Crippen LogP contribution in [0.15, 0.2) is 107 Å². The molecule has 172 valence electrons. The molecule has 2 unspecified atom stereocenters. The first-order valence-corrected chi connectivity index (χ1v) is 10.7. The van der Waals surface area contributed by atoms with Crippen molar-refractivity contribution in [2.45, 2.75) is 26.8 Å². The second-order valence-corrected chi connectivity index (χ2v) is 7.59. The zero-order chi connectivity index (χ0) is 24.4. The number of benzene rings is 2. The average Bonchev–Trinajstić information content (AvgIpc) is 2.80. The van der Waals surface area contributed by atoms with Crippen LogP contribution in [0, 0.1) is 11.3 Å². The molecule has 2 atom stereocenters. The maximum Gasteiger partial charge on any atom is 0.129 e. The lowest BCUT2D eigenvalue weighted by Crippen LogP contribution is -2.33. The molecule has 0 saturated heterocycles. The highest BCUT2D eigenvalue weighted by molar-refractivity contribution is 6.21. The van der Waals surface area contributed by atoms with Crippen molar-refractivity contribution in [3.05, 3.63) is 108 Å². The van der Waals surface area contributed by atoms with Gasteiger partial charge in [0.1, 0.15) is 23.2 Å². The first-order chi connectivity index (χ1) is 15.8. The summed E-state index contributed by atoms with van der Waals surface area (Å²) in [5.74, 6) is 2.09. The summed E-state index contributed by atoms with van der Waals surface area (Å²) in [6.45, 7) is 9.54. The van der Waals surface area contributed by atoms with Gasteiger partial charge in [0.25, 0.3) is 0 Å². The Hall–Kier alpha value is -4.06. The highest BCUT2D eigenvalue weighted by atomic mass is 16.5. The lowest BCUT2D eigenvalue weighted by molar-refractivity contribution is 0.443. The Balaban J connectivity index is 0.000000245. The van der Waals surface area contributed by atoms with Gasteiger partial charge < -0.3 is 21.9 Å². The zero-order valence-corrected chi connectivity index (χ0v) is 19.5. The smallest absolute Gasteiger partial charge is 0.129 e. The van der Waals surface area contributed by atoms with Gasteiger partial charge in [-0.2, -0.15) is 0 Å². The van der Waals surface area contributed by atoms with Gasteiger partial charge in [0.2, 0.25) is 0 Å². The van der Waals surface area contributed by atoms with E-state index in [9.17, 15) is 0 Å². The number of nitrogens with one attached hydrogen (secondary N) is 1. The molecule has 6 heteroatoms. The van der Waals surface area contributed by atoms with Crippen LogP contribution in [-0.2, 0) is 0 Å². The van der Waals surface area contributed by atoms with Gasteiger partial charge in [0, 0.05) is 11.6 Å². The molecule has 0 radical (unpaired) electrons. The number of para-hydroxylation sites is 1. The van der Waals surface area contributed by atoms with Gasteiger partial charge in [-0.25, -0.2) is 0 Å². The zero-order valence-electron chi connectivity index (χ0n) is 19.5. The van der Waals surface area contributed by atoms with Crippen LogP contribution in [0.4, 0.5) is 5.69 Å². The van der Waals surface area contributed by atoms with E-state index in [2.05, 4.69) is 18.5 Å². The molecule has 1 heterocycles. The Morgan fingerprint density at radius 1 is 1.12 bits per heavy atom. The molecule has 1 aliphatic heterocycles. The summed E-state index contributed by atoms with van der Waals surface area (Å²) in [6, 6.07) is 17.3. The van der Waals surface area contributed by atoms with E-state index in [1.54, 1.807) is 6.08 Å². The van der Waals surface area contributed by atoms with Crippen molar-refractivity contribution in [2.75, 3.05) is 5.73 Å². The van der Waals surface area contributed by atoms with Gasteiger partial charge in [-0.15, -0.1) is 0 Å². The lowest BCUT2D eigenvalue weighted by Gasteiger charge is -2.29. The Morgan fingerprint density at radius 3 is 2.39 bits per heavy atom. The Morgan fingerprint density at radius 2 is 1.82 bits per heavy atom. The van der Waals surface area contributed by atoms with E-state index in [-0.39, 0.29) is 17.8 Å². The molecule has 0 bridgehead atoms. The minimum atomic E-state index is -0.0772. The van der Waals surface area contributed by atoms with Crippen molar-refractivity contribution in [1.82, 2.24) is 0 Å². The SMILES string of the molecule is C=C/C=C\C(=C/C)Oc1ccccc1.CC1=C(C(=N)N)C(N)=NC(c2cccc(N)c2)C1C. The van der Waals surface area contributed by atoms with Crippen LogP contribution in [0.2, 0.25) is 0 Å².